The number of aliphatic hydroxyl groups excluding tert-OH is 1. The summed E-state index contributed by atoms with van der Waals surface area (Å²) in [5.41, 5.74) is 1.39. The molecule has 1 amide bonds. The molecule has 0 unspecified atom stereocenters. The lowest BCUT2D eigenvalue weighted by Gasteiger charge is -2.13. The van der Waals surface area contributed by atoms with Crippen LogP contribution >= 0.6 is 11.3 Å². The molecule has 1 aromatic heterocycles. The number of carbonyl (C=O) groups excluding carboxylic acids is 1. The van der Waals surface area contributed by atoms with Gasteiger partial charge in [0.1, 0.15) is 0 Å². The maximum atomic E-state index is 12.3. The average molecular weight is 265 g/mol. The van der Waals surface area contributed by atoms with Gasteiger partial charge in [-0.05, 0) is 43.7 Å². The molecule has 1 N–H and O–H groups in total. The number of fused-ring (bicyclic) bond motifs is 1. The van der Waals surface area contributed by atoms with Gasteiger partial charge in [-0.2, -0.15) is 0 Å². The summed E-state index contributed by atoms with van der Waals surface area (Å²) >= 11 is 1.67. The van der Waals surface area contributed by atoms with Gasteiger partial charge in [0.2, 0.25) is 0 Å². The van der Waals surface area contributed by atoms with Crippen LogP contribution in [0.5, 0.6) is 0 Å². The Labute approximate surface area is 111 Å². The van der Waals surface area contributed by atoms with Crippen LogP contribution in [0.4, 0.5) is 0 Å². The van der Waals surface area contributed by atoms with Gasteiger partial charge in [-0.15, -0.1) is 11.3 Å². The van der Waals surface area contributed by atoms with Gasteiger partial charge in [-0.3, -0.25) is 4.79 Å². The van der Waals surface area contributed by atoms with E-state index in [-0.39, 0.29) is 12.0 Å². The largest absolute Gasteiger partial charge is 0.391 e. The van der Waals surface area contributed by atoms with E-state index in [4.69, 9.17) is 0 Å². The second-order valence-electron chi connectivity index (χ2n) is 5.31. The number of β-amino-alcohol motifs (C(OH)–C–C–N with tert-alkyl or cyclic N) is 1. The van der Waals surface area contributed by atoms with Crippen LogP contribution in [0.3, 0.4) is 0 Å². The molecule has 18 heavy (non-hydrogen) atoms. The highest BCUT2D eigenvalue weighted by atomic mass is 32.1. The number of carbonyl (C=O) groups is 1. The van der Waals surface area contributed by atoms with Gasteiger partial charge in [0.15, 0.2) is 0 Å². The zero-order valence-corrected chi connectivity index (χ0v) is 11.3. The summed E-state index contributed by atoms with van der Waals surface area (Å²) in [5, 5.41) is 9.50. The zero-order valence-electron chi connectivity index (χ0n) is 10.5. The fraction of sp³-hybridized carbons (Fsp3) is 0.643. The quantitative estimate of drug-likeness (QED) is 0.791. The van der Waals surface area contributed by atoms with E-state index in [9.17, 15) is 9.90 Å². The molecule has 0 radical (unpaired) electrons. The summed E-state index contributed by atoms with van der Waals surface area (Å²) in [6.45, 7) is 1.20. The van der Waals surface area contributed by atoms with E-state index in [2.05, 4.69) is 6.07 Å². The Balaban J connectivity index is 1.78. The van der Waals surface area contributed by atoms with Gasteiger partial charge in [-0.1, -0.05) is 6.42 Å². The summed E-state index contributed by atoms with van der Waals surface area (Å²) < 4.78 is 0. The molecule has 1 aliphatic carbocycles. The molecule has 3 rings (SSSR count). The van der Waals surface area contributed by atoms with Crippen LogP contribution in [0.2, 0.25) is 0 Å². The molecule has 0 bridgehead atoms. The smallest absolute Gasteiger partial charge is 0.264 e. The molecule has 1 saturated heterocycles. The molecule has 1 aromatic rings. The average Bonchev–Trinajstić information content (AvgIpc) is 2.90. The Morgan fingerprint density at radius 3 is 2.94 bits per heavy atom. The highest BCUT2D eigenvalue weighted by Crippen LogP contribution is 2.30. The minimum Gasteiger partial charge on any atom is -0.391 e. The van der Waals surface area contributed by atoms with Gasteiger partial charge in [0.05, 0.1) is 11.0 Å². The molecular weight excluding hydrogens is 246 g/mol. The second-order valence-corrected chi connectivity index (χ2v) is 6.45. The first-order valence-electron chi connectivity index (χ1n) is 6.83. The number of amides is 1. The summed E-state index contributed by atoms with van der Waals surface area (Å²) in [6, 6.07) is 2.10. The molecule has 1 aliphatic heterocycles. The van der Waals surface area contributed by atoms with Crippen LogP contribution in [0, 0.1) is 0 Å². The Morgan fingerprint density at radius 1 is 1.33 bits per heavy atom. The van der Waals surface area contributed by atoms with E-state index in [1.165, 1.54) is 29.7 Å². The molecule has 0 saturated carbocycles. The molecule has 2 aliphatic rings. The van der Waals surface area contributed by atoms with E-state index >= 15 is 0 Å². The lowest BCUT2D eigenvalue weighted by molar-refractivity contribution is 0.0769. The van der Waals surface area contributed by atoms with E-state index in [0.717, 1.165) is 24.1 Å². The van der Waals surface area contributed by atoms with E-state index in [1.807, 2.05) is 0 Å². The SMILES string of the molecule is O=C(c1cc2c(s1)CCCCC2)N1CC[C@@H](O)C1. The van der Waals surface area contributed by atoms with Crippen LogP contribution in [-0.2, 0) is 12.8 Å². The highest BCUT2D eigenvalue weighted by molar-refractivity contribution is 7.14. The maximum absolute atomic E-state index is 12.3. The summed E-state index contributed by atoms with van der Waals surface area (Å²) in [5.74, 6) is 0.115. The predicted molar refractivity (Wildman–Crippen MR) is 72.1 cm³/mol. The van der Waals surface area contributed by atoms with Gasteiger partial charge >= 0.3 is 0 Å². The third-order valence-corrected chi connectivity index (χ3v) is 5.13. The van der Waals surface area contributed by atoms with Crippen LogP contribution < -0.4 is 0 Å². The molecular formula is C14H19NO2S. The minimum absolute atomic E-state index is 0.115. The van der Waals surface area contributed by atoms with Gasteiger partial charge < -0.3 is 10.0 Å². The first-order valence-corrected chi connectivity index (χ1v) is 7.64. The van der Waals surface area contributed by atoms with Crippen molar-refractivity contribution in [2.45, 2.75) is 44.6 Å². The van der Waals surface area contributed by atoms with Crippen molar-refractivity contribution in [2.24, 2.45) is 0 Å². The zero-order chi connectivity index (χ0) is 12.5. The summed E-state index contributed by atoms with van der Waals surface area (Å²) in [4.78, 5) is 16.4. The lowest BCUT2D eigenvalue weighted by atomic mass is 10.1. The molecule has 98 valence electrons. The van der Waals surface area contributed by atoms with E-state index in [1.54, 1.807) is 16.2 Å². The number of aryl methyl sites for hydroxylation is 2. The number of rotatable bonds is 1. The third kappa shape index (κ3) is 2.31. The van der Waals surface area contributed by atoms with Crippen molar-refractivity contribution in [3.8, 4) is 0 Å². The van der Waals surface area contributed by atoms with E-state index < -0.39 is 0 Å². The number of hydrogen-bond donors (Lipinski definition) is 1. The van der Waals surface area contributed by atoms with Crippen molar-refractivity contribution in [1.29, 1.82) is 0 Å². The number of likely N-dealkylation sites (tertiary alicyclic amines) is 1. The Hall–Kier alpha value is -0.870. The number of aliphatic hydroxyl groups is 1. The highest BCUT2D eigenvalue weighted by Gasteiger charge is 2.27. The molecule has 1 fully saturated rings. The van der Waals surface area contributed by atoms with Crippen LogP contribution in [0.1, 0.15) is 45.8 Å². The van der Waals surface area contributed by atoms with Gasteiger partial charge in [-0.25, -0.2) is 0 Å². The fourth-order valence-electron chi connectivity index (χ4n) is 2.85. The lowest BCUT2D eigenvalue weighted by Crippen LogP contribution is -2.28. The molecule has 3 nitrogen and oxygen atoms in total. The van der Waals surface area contributed by atoms with Crippen molar-refractivity contribution >= 4 is 17.2 Å². The normalized spacial score (nSPS) is 23.8. The Kier molecular flexibility index (Phi) is 3.39. The predicted octanol–water partition coefficient (Wildman–Crippen LogP) is 2.22. The number of hydrogen-bond acceptors (Lipinski definition) is 3. The van der Waals surface area contributed by atoms with Crippen LogP contribution in [-0.4, -0.2) is 35.1 Å². The van der Waals surface area contributed by atoms with Crippen LogP contribution in [0.25, 0.3) is 0 Å². The van der Waals surface area contributed by atoms with Crippen molar-refractivity contribution in [2.75, 3.05) is 13.1 Å². The first-order chi connectivity index (χ1) is 8.74. The second kappa shape index (κ2) is 5.02. The van der Waals surface area contributed by atoms with E-state index in [0.29, 0.717) is 13.1 Å². The van der Waals surface area contributed by atoms with Crippen molar-refractivity contribution in [1.82, 2.24) is 4.90 Å². The van der Waals surface area contributed by atoms with Gasteiger partial charge in [0, 0.05) is 18.0 Å². The molecule has 0 aromatic carbocycles. The molecule has 4 heteroatoms. The first kappa shape index (κ1) is 12.2. The Morgan fingerprint density at radius 2 is 2.17 bits per heavy atom. The summed E-state index contributed by atoms with van der Waals surface area (Å²) in [6.07, 6.45) is 6.47. The third-order valence-electron chi connectivity index (χ3n) is 3.91. The monoisotopic (exact) mass is 265 g/mol. The fourth-order valence-corrected chi connectivity index (χ4v) is 4.08. The molecule has 2 heterocycles. The number of nitrogens with zero attached hydrogens (tertiary/aromatic N) is 1. The standard InChI is InChI=1S/C14H19NO2S/c16-11-6-7-15(9-11)14(17)13-8-10-4-2-1-3-5-12(10)18-13/h8,11,16H,1-7,9H2/t11-/m1/s1. The van der Waals surface area contributed by atoms with Gasteiger partial charge in [0.25, 0.3) is 5.91 Å². The molecule has 1 atom stereocenters. The maximum Gasteiger partial charge on any atom is 0.264 e. The topological polar surface area (TPSA) is 40.5 Å². The number of thiophene rings is 1. The van der Waals surface area contributed by atoms with Crippen molar-refractivity contribution < 1.29 is 9.90 Å². The Bertz CT molecular complexity index is 431. The van der Waals surface area contributed by atoms with Crippen molar-refractivity contribution in [3.63, 3.8) is 0 Å². The van der Waals surface area contributed by atoms with Crippen molar-refractivity contribution in [3.05, 3.63) is 21.4 Å². The minimum atomic E-state index is -0.327. The summed E-state index contributed by atoms with van der Waals surface area (Å²) in [7, 11) is 0. The molecule has 0 spiro atoms. The van der Waals surface area contributed by atoms with Crippen LogP contribution in [0.15, 0.2) is 6.07 Å².